The highest BCUT2D eigenvalue weighted by Gasteiger charge is 2.19. The predicted molar refractivity (Wildman–Crippen MR) is 298 cm³/mol. The zero-order valence-corrected chi connectivity index (χ0v) is 46.9. The fraction of sp³-hybridized carbons (Fsp3) is 0.921. The van der Waals surface area contributed by atoms with Gasteiger partial charge < -0.3 is 14.2 Å². The van der Waals surface area contributed by atoms with Crippen molar-refractivity contribution in [2.24, 2.45) is 0 Å². The van der Waals surface area contributed by atoms with Gasteiger partial charge in [-0.05, 0) is 44.9 Å². The van der Waals surface area contributed by atoms with Crippen molar-refractivity contribution in [3.8, 4) is 0 Å². The molecule has 0 rings (SSSR count). The number of carbonyl (C=O) groups excluding carboxylic acids is 3. The Morgan fingerprint density at radius 3 is 0.739 bits per heavy atom. The third kappa shape index (κ3) is 56.9. The van der Waals surface area contributed by atoms with Gasteiger partial charge in [-0.1, -0.05) is 303 Å². The van der Waals surface area contributed by atoms with Gasteiger partial charge in [-0.2, -0.15) is 0 Å². The van der Waals surface area contributed by atoms with E-state index in [1.165, 1.54) is 250 Å². The van der Waals surface area contributed by atoms with Crippen LogP contribution in [0.4, 0.5) is 0 Å². The van der Waals surface area contributed by atoms with Gasteiger partial charge in [0.05, 0.1) is 0 Å². The molecule has 0 amide bonds. The van der Waals surface area contributed by atoms with Gasteiger partial charge in [-0.3, -0.25) is 14.4 Å². The van der Waals surface area contributed by atoms with E-state index < -0.39 is 6.10 Å². The number of esters is 3. The molecular formula is C63H120O6. The molecule has 1 unspecified atom stereocenters. The van der Waals surface area contributed by atoms with Crippen molar-refractivity contribution < 1.29 is 28.6 Å². The summed E-state index contributed by atoms with van der Waals surface area (Å²) < 4.78 is 16.8. The summed E-state index contributed by atoms with van der Waals surface area (Å²) in [4.78, 5) is 38.0. The van der Waals surface area contributed by atoms with Crippen LogP contribution in [0, 0.1) is 0 Å². The molecule has 0 saturated heterocycles. The van der Waals surface area contributed by atoms with Gasteiger partial charge in [0.2, 0.25) is 0 Å². The lowest BCUT2D eigenvalue weighted by molar-refractivity contribution is -0.167. The molecule has 0 aromatic heterocycles. The van der Waals surface area contributed by atoms with Crippen LogP contribution in [0.2, 0.25) is 0 Å². The second-order valence-corrected chi connectivity index (χ2v) is 21.3. The first-order chi connectivity index (χ1) is 34.0. The number of rotatable bonds is 58. The fourth-order valence-corrected chi connectivity index (χ4v) is 9.56. The minimum atomic E-state index is -0.768. The molecule has 0 fully saturated rings. The fourth-order valence-electron chi connectivity index (χ4n) is 9.56. The van der Waals surface area contributed by atoms with Gasteiger partial charge in [0.15, 0.2) is 6.10 Å². The molecule has 6 nitrogen and oxygen atoms in total. The van der Waals surface area contributed by atoms with Crippen LogP contribution in [-0.2, 0) is 28.6 Å². The Morgan fingerprint density at radius 1 is 0.275 bits per heavy atom. The van der Waals surface area contributed by atoms with Crippen LogP contribution < -0.4 is 0 Å². The van der Waals surface area contributed by atoms with E-state index in [0.717, 1.165) is 64.2 Å². The first-order valence-electron chi connectivity index (χ1n) is 31.2. The van der Waals surface area contributed by atoms with Crippen molar-refractivity contribution in [1.29, 1.82) is 0 Å². The second-order valence-electron chi connectivity index (χ2n) is 21.3. The minimum Gasteiger partial charge on any atom is -0.462 e. The van der Waals surface area contributed by atoms with E-state index in [-0.39, 0.29) is 31.1 Å². The number of unbranched alkanes of at least 4 members (excludes halogenated alkanes) is 45. The van der Waals surface area contributed by atoms with Crippen LogP contribution in [0.1, 0.15) is 355 Å². The molecule has 408 valence electrons. The first-order valence-corrected chi connectivity index (χ1v) is 31.2. The monoisotopic (exact) mass is 973 g/mol. The summed E-state index contributed by atoms with van der Waals surface area (Å²) in [6.07, 6.45) is 68.2. The van der Waals surface area contributed by atoms with Gasteiger partial charge in [-0.25, -0.2) is 0 Å². The van der Waals surface area contributed by atoms with Crippen LogP contribution >= 0.6 is 0 Å². The highest BCUT2D eigenvalue weighted by Crippen LogP contribution is 2.18. The summed E-state index contributed by atoms with van der Waals surface area (Å²) in [6, 6.07) is 0. The molecular weight excluding hydrogens is 853 g/mol. The lowest BCUT2D eigenvalue weighted by atomic mass is 10.0. The van der Waals surface area contributed by atoms with Crippen molar-refractivity contribution >= 4 is 17.9 Å². The molecule has 0 bridgehead atoms. The van der Waals surface area contributed by atoms with Gasteiger partial charge in [0.25, 0.3) is 0 Å². The Morgan fingerprint density at radius 2 is 0.478 bits per heavy atom. The zero-order valence-electron chi connectivity index (χ0n) is 46.9. The molecule has 0 aromatic carbocycles. The summed E-state index contributed by atoms with van der Waals surface area (Å²) in [5, 5.41) is 0. The summed E-state index contributed by atoms with van der Waals surface area (Å²) in [6.45, 7) is 6.65. The molecule has 0 N–H and O–H groups in total. The Kier molecular flexibility index (Phi) is 57.1. The molecule has 0 heterocycles. The Labute approximate surface area is 431 Å². The summed E-state index contributed by atoms with van der Waals surface area (Å²) in [5.74, 6) is -0.857. The van der Waals surface area contributed by atoms with Crippen LogP contribution in [-0.4, -0.2) is 37.2 Å². The van der Waals surface area contributed by atoms with Crippen LogP contribution in [0.3, 0.4) is 0 Å². The van der Waals surface area contributed by atoms with E-state index in [9.17, 15) is 14.4 Å². The molecule has 0 saturated carbocycles. The zero-order chi connectivity index (χ0) is 50.0. The Bertz CT molecular complexity index is 1070. The molecule has 6 heteroatoms. The quantitative estimate of drug-likeness (QED) is 0.0261. The third-order valence-electron chi connectivity index (χ3n) is 14.3. The van der Waals surface area contributed by atoms with E-state index in [0.29, 0.717) is 19.3 Å². The molecule has 0 aliphatic heterocycles. The average molecular weight is 974 g/mol. The maximum absolute atomic E-state index is 12.8. The van der Waals surface area contributed by atoms with Crippen molar-refractivity contribution in [3.05, 3.63) is 12.2 Å². The average Bonchev–Trinajstić information content (AvgIpc) is 3.35. The van der Waals surface area contributed by atoms with Crippen molar-refractivity contribution in [2.75, 3.05) is 13.2 Å². The highest BCUT2D eigenvalue weighted by molar-refractivity contribution is 5.71. The summed E-state index contributed by atoms with van der Waals surface area (Å²) in [5.41, 5.74) is 0. The van der Waals surface area contributed by atoms with Gasteiger partial charge in [0, 0.05) is 19.3 Å². The maximum atomic E-state index is 12.8. The highest BCUT2D eigenvalue weighted by atomic mass is 16.6. The van der Waals surface area contributed by atoms with E-state index in [1.807, 2.05) is 0 Å². The van der Waals surface area contributed by atoms with Crippen LogP contribution in [0.15, 0.2) is 12.2 Å². The standard InChI is InChI=1S/C63H120O6/c1-4-7-10-13-16-19-21-23-24-25-26-27-28-29-30-31-32-33-34-35-36-37-38-40-41-44-47-50-53-56-62(65)68-59-60(58-67-61(64)55-52-49-46-43-18-15-12-9-6-3)69-63(66)57-54-51-48-45-42-39-22-20-17-14-11-8-5-2/h20,22,60H,4-19,21,23-59H2,1-3H3/b22-20-. The number of hydrogen-bond acceptors (Lipinski definition) is 6. The van der Waals surface area contributed by atoms with Crippen molar-refractivity contribution in [3.63, 3.8) is 0 Å². The Balaban J connectivity index is 4.02. The SMILES string of the molecule is CCCCCC/C=C\CCCCCCCC(=O)OC(COC(=O)CCCCCCCCCCC)COC(=O)CCCCCCCCCCCCCCCCCCCCCCCCCCCCCCC. The van der Waals surface area contributed by atoms with E-state index in [2.05, 4.69) is 32.9 Å². The minimum absolute atomic E-state index is 0.0679. The van der Waals surface area contributed by atoms with E-state index in [4.69, 9.17) is 14.2 Å². The molecule has 0 spiro atoms. The maximum Gasteiger partial charge on any atom is 0.306 e. The normalized spacial score (nSPS) is 12.0. The van der Waals surface area contributed by atoms with Gasteiger partial charge in [0.1, 0.15) is 13.2 Å². The first kappa shape index (κ1) is 67.1. The van der Waals surface area contributed by atoms with Crippen molar-refractivity contribution in [1.82, 2.24) is 0 Å². The van der Waals surface area contributed by atoms with Crippen molar-refractivity contribution in [2.45, 2.75) is 361 Å². The molecule has 0 aliphatic rings. The summed E-state index contributed by atoms with van der Waals surface area (Å²) >= 11 is 0. The van der Waals surface area contributed by atoms with Crippen LogP contribution in [0.25, 0.3) is 0 Å². The van der Waals surface area contributed by atoms with Gasteiger partial charge in [-0.15, -0.1) is 0 Å². The number of ether oxygens (including phenoxy) is 3. The second kappa shape index (κ2) is 58.7. The number of hydrogen-bond donors (Lipinski definition) is 0. The molecule has 0 aliphatic carbocycles. The topological polar surface area (TPSA) is 78.9 Å². The third-order valence-corrected chi connectivity index (χ3v) is 14.3. The van der Waals surface area contributed by atoms with E-state index in [1.54, 1.807) is 0 Å². The predicted octanol–water partition coefficient (Wildman–Crippen LogP) is 20.9. The number of carbonyl (C=O) groups is 3. The molecule has 0 aromatic rings. The van der Waals surface area contributed by atoms with E-state index >= 15 is 0 Å². The molecule has 0 radical (unpaired) electrons. The number of allylic oxidation sites excluding steroid dienone is 2. The lowest BCUT2D eigenvalue weighted by Gasteiger charge is -2.18. The smallest absolute Gasteiger partial charge is 0.306 e. The van der Waals surface area contributed by atoms with Crippen LogP contribution in [0.5, 0.6) is 0 Å². The molecule has 1 atom stereocenters. The Hall–Kier alpha value is -1.85. The summed E-state index contributed by atoms with van der Waals surface area (Å²) in [7, 11) is 0. The largest absolute Gasteiger partial charge is 0.462 e. The lowest BCUT2D eigenvalue weighted by Crippen LogP contribution is -2.30. The molecule has 69 heavy (non-hydrogen) atoms. The van der Waals surface area contributed by atoms with Gasteiger partial charge >= 0.3 is 17.9 Å².